The minimum Gasteiger partial charge on any atom is -0.341 e. The lowest BCUT2D eigenvalue weighted by molar-refractivity contribution is 0.0960. The first-order valence-corrected chi connectivity index (χ1v) is 6.62. The predicted octanol–water partition coefficient (Wildman–Crippen LogP) is 3.34. The Labute approximate surface area is 105 Å². The monoisotopic (exact) mass is 293 g/mol. The topological polar surface area (TPSA) is 29.1 Å². The quantitative estimate of drug-likeness (QED) is 0.858. The van der Waals surface area contributed by atoms with Crippen molar-refractivity contribution >= 4 is 33.2 Å². The minimum absolute atomic E-state index is 0.00579. The van der Waals surface area contributed by atoms with Gasteiger partial charge < -0.3 is 5.32 Å². The molecule has 0 spiro atoms. The van der Waals surface area contributed by atoms with Gasteiger partial charge in [-0.25, -0.2) is 0 Å². The third-order valence-electron chi connectivity index (χ3n) is 2.72. The highest BCUT2D eigenvalue weighted by Crippen LogP contribution is 2.33. The van der Waals surface area contributed by atoms with Crippen molar-refractivity contribution in [2.75, 3.05) is 0 Å². The first kappa shape index (κ1) is 10.1. The molecule has 16 heavy (non-hydrogen) atoms. The van der Waals surface area contributed by atoms with Crippen molar-refractivity contribution in [1.29, 1.82) is 0 Å². The van der Waals surface area contributed by atoms with Gasteiger partial charge in [-0.15, -0.1) is 0 Å². The molecule has 1 aliphatic rings. The normalized spacial score (nSPS) is 18.3. The molecule has 0 fully saturated rings. The summed E-state index contributed by atoms with van der Waals surface area (Å²) in [6.07, 6.45) is 0. The summed E-state index contributed by atoms with van der Waals surface area (Å²) < 4.78 is 1.00. The van der Waals surface area contributed by atoms with Gasteiger partial charge in [0.25, 0.3) is 5.91 Å². The van der Waals surface area contributed by atoms with Gasteiger partial charge in [-0.1, -0.05) is 15.9 Å². The molecule has 1 aromatic heterocycles. The molecule has 1 amide bonds. The van der Waals surface area contributed by atoms with E-state index in [9.17, 15) is 4.79 Å². The van der Waals surface area contributed by atoms with Crippen molar-refractivity contribution in [3.05, 3.63) is 56.2 Å². The van der Waals surface area contributed by atoms with Crippen LogP contribution in [0.25, 0.3) is 0 Å². The second kappa shape index (κ2) is 3.71. The Morgan fingerprint density at radius 2 is 2.19 bits per heavy atom. The van der Waals surface area contributed by atoms with Crippen molar-refractivity contribution in [3.63, 3.8) is 0 Å². The number of rotatable bonds is 1. The van der Waals surface area contributed by atoms with E-state index in [1.54, 1.807) is 11.3 Å². The average molecular weight is 294 g/mol. The third-order valence-corrected chi connectivity index (χ3v) is 3.92. The van der Waals surface area contributed by atoms with Crippen LogP contribution in [0, 0.1) is 0 Å². The highest BCUT2D eigenvalue weighted by molar-refractivity contribution is 9.10. The maximum absolute atomic E-state index is 11.8. The van der Waals surface area contributed by atoms with Gasteiger partial charge in [0.15, 0.2) is 0 Å². The Balaban J connectivity index is 2.14. The summed E-state index contributed by atoms with van der Waals surface area (Å²) in [5, 5.41) is 7.09. The van der Waals surface area contributed by atoms with Crippen molar-refractivity contribution < 1.29 is 4.79 Å². The largest absolute Gasteiger partial charge is 0.341 e. The molecule has 80 valence electrons. The number of benzene rings is 1. The fraction of sp³-hybridized carbons (Fsp3) is 0.0833. The lowest BCUT2D eigenvalue weighted by Gasteiger charge is -2.09. The van der Waals surface area contributed by atoms with Crippen LogP contribution in [0.5, 0.6) is 0 Å². The Morgan fingerprint density at radius 1 is 1.31 bits per heavy atom. The van der Waals surface area contributed by atoms with Gasteiger partial charge in [0.1, 0.15) is 0 Å². The molecule has 4 heteroatoms. The molecule has 0 saturated carbocycles. The third kappa shape index (κ3) is 1.49. The zero-order valence-electron chi connectivity index (χ0n) is 8.24. The van der Waals surface area contributed by atoms with Gasteiger partial charge in [0, 0.05) is 10.0 Å². The molecule has 0 saturated heterocycles. The second-order valence-corrected chi connectivity index (χ2v) is 5.39. The highest BCUT2D eigenvalue weighted by atomic mass is 79.9. The first-order chi connectivity index (χ1) is 7.75. The fourth-order valence-corrected chi connectivity index (χ4v) is 3.03. The van der Waals surface area contributed by atoms with E-state index >= 15 is 0 Å². The molecule has 0 bridgehead atoms. The van der Waals surface area contributed by atoms with Crippen molar-refractivity contribution in [2.45, 2.75) is 6.04 Å². The van der Waals surface area contributed by atoms with Crippen LogP contribution >= 0.6 is 27.3 Å². The van der Waals surface area contributed by atoms with Crippen LogP contribution in [0.1, 0.15) is 27.5 Å². The van der Waals surface area contributed by atoms with Gasteiger partial charge in [-0.05, 0) is 46.2 Å². The second-order valence-electron chi connectivity index (χ2n) is 3.69. The van der Waals surface area contributed by atoms with Crippen LogP contribution in [-0.2, 0) is 0 Å². The Bertz CT molecular complexity index is 550. The van der Waals surface area contributed by atoms with E-state index < -0.39 is 0 Å². The number of fused-ring (bicyclic) bond motifs is 1. The summed E-state index contributed by atoms with van der Waals surface area (Å²) in [7, 11) is 0. The smallest absolute Gasteiger partial charge is 0.252 e. The average Bonchev–Trinajstić information content (AvgIpc) is 2.86. The van der Waals surface area contributed by atoms with Crippen LogP contribution in [0.15, 0.2) is 39.5 Å². The molecular formula is C12H8BrNOS. The summed E-state index contributed by atoms with van der Waals surface area (Å²) in [6, 6.07) is 7.82. The molecule has 1 N–H and O–H groups in total. The Morgan fingerprint density at radius 3 is 2.94 bits per heavy atom. The number of halogens is 1. The minimum atomic E-state index is 0.00579. The van der Waals surface area contributed by atoms with Crippen LogP contribution in [0.2, 0.25) is 0 Å². The molecule has 3 rings (SSSR count). The van der Waals surface area contributed by atoms with E-state index in [-0.39, 0.29) is 11.9 Å². The first-order valence-electron chi connectivity index (χ1n) is 4.88. The van der Waals surface area contributed by atoms with E-state index in [0.717, 1.165) is 21.2 Å². The van der Waals surface area contributed by atoms with Gasteiger partial charge >= 0.3 is 0 Å². The number of thiophene rings is 1. The fourth-order valence-electron chi connectivity index (χ4n) is 1.97. The number of carbonyl (C=O) groups excluding carboxylic acids is 1. The standard InChI is InChI=1S/C12H8BrNOS/c13-8-1-2-9-10(5-8)11(14-12(9)15)7-3-4-16-6-7/h1-6,11H,(H,14,15). The number of carbonyl (C=O) groups is 1. The molecule has 1 aromatic carbocycles. The predicted molar refractivity (Wildman–Crippen MR) is 67.8 cm³/mol. The molecule has 2 nitrogen and oxygen atoms in total. The lowest BCUT2D eigenvalue weighted by Crippen LogP contribution is -2.19. The van der Waals surface area contributed by atoms with E-state index in [1.807, 2.05) is 29.6 Å². The van der Waals surface area contributed by atoms with E-state index in [0.29, 0.717) is 0 Å². The molecule has 1 unspecified atom stereocenters. The molecule has 2 heterocycles. The van der Waals surface area contributed by atoms with E-state index in [2.05, 4.69) is 26.6 Å². The van der Waals surface area contributed by atoms with Crippen molar-refractivity contribution in [1.82, 2.24) is 5.32 Å². The molecule has 1 atom stereocenters. The van der Waals surface area contributed by atoms with Crippen LogP contribution < -0.4 is 5.32 Å². The number of hydrogen-bond donors (Lipinski definition) is 1. The molecule has 2 aromatic rings. The van der Waals surface area contributed by atoms with Crippen LogP contribution in [0.4, 0.5) is 0 Å². The van der Waals surface area contributed by atoms with Crippen molar-refractivity contribution in [2.24, 2.45) is 0 Å². The summed E-state index contributed by atoms with van der Waals surface area (Å²) in [4.78, 5) is 11.8. The molecule has 0 radical (unpaired) electrons. The van der Waals surface area contributed by atoms with Gasteiger partial charge in [0.2, 0.25) is 0 Å². The van der Waals surface area contributed by atoms with Crippen molar-refractivity contribution in [3.8, 4) is 0 Å². The SMILES string of the molecule is O=C1NC(c2ccsc2)c2cc(Br)ccc21. The Kier molecular flexibility index (Phi) is 2.33. The highest BCUT2D eigenvalue weighted by Gasteiger charge is 2.29. The summed E-state index contributed by atoms with van der Waals surface area (Å²) in [5.41, 5.74) is 2.98. The lowest BCUT2D eigenvalue weighted by atomic mass is 10.0. The van der Waals surface area contributed by atoms with E-state index in [1.165, 1.54) is 0 Å². The summed E-state index contributed by atoms with van der Waals surface area (Å²) in [6.45, 7) is 0. The zero-order chi connectivity index (χ0) is 11.1. The number of amides is 1. The van der Waals surface area contributed by atoms with Gasteiger partial charge in [0.05, 0.1) is 6.04 Å². The maximum atomic E-state index is 11.8. The van der Waals surface area contributed by atoms with Gasteiger partial charge in [-0.3, -0.25) is 4.79 Å². The summed E-state index contributed by atoms with van der Waals surface area (Å²) in [5.74, 6) is 0.0127. The molecule has 1 aliphatic heterocycles. The zero-order valence-corrected chi connectivity index (χ0v) is 10.6. The summed E-state index contributed by atoms with van der Waals surface area (Å²) >= 11 is 5.08. The number of nitrogens with one attached hydrogen (secondary N) is 1. The maximum Gasteiger partial charge on any atom is 0.252 e. The van der Waals surface area contributed by atoms with Crippen LogP contribution in [0.3, 0.4) is 0 Å². The molecular weight excluding hydrogens is 286 g/mol. The number of hydrogen-bond acceptors (Lipinski definition) is 2. The van der Waals surface area contributed by atoms with E-state index in [4.69, 9.17) is 0 Å². The van der Waals surface area contributed by atoms with Crippen LogP contribution in [-0.4, -0.2) is 5.91 Å². The Hall–Kier alpha value is -1.13. The molecule has 0 aliphatic carbocycles. The van der Waals surface area contributed by atoms with Gasteiger partial charge in [-0.2, -0.15) is 11.3 Å².